The van der Waals surface area contributed by atoms with Crippen LogP contribution in [-0.2, 0) is 11.2 Å². The summed E-state index contributed by atoms with van der Waals surface area (Å²) in [6, 6.07) is 3.51. The number of aliphatic hydroxyl groups excluding tert-OH is 1. The van der Waals surface area contributed by atoms with Crippen molar-refractivity contribution in [3.05, 3.63) is 24.3 Å². The second kappa shape index (κ2) is 8.46. The van der Waals surface area contributed by atoms with E-state index in [4.69, 9.17) is 8.94 Å². The Balaban J connectivity index is 1.55. The number of carbonyl (C=O) groups is 1. The molecule has 0 saturated carbocycles. The fourth-order valence-electron chi connectivity index (χ4n) is 3.54. The Morgan fingerprint density at radius 3 is 2.88 bits per heavy atom. The van der Waals surface area contributed by atoms with Crippen LogP contribution in [0.5, 0.6) is 0 Å². The van der Waals surface area contributed by atoms with Crippen LogP contribution in [-0.4, -0.2) is 71.3 Å². The fraction of sp³-hybridized carbons (Fsp3) is 0.611. The third kappa shape index (κ3) is 4.70. The molecule has 0 bridgehead atoms. The summed E-state index contributed by atoms with van der Waals surface area (Å²) in [7, 11) is 4.06. The highest BCUT2D eigenvalue weighted by atomic mass is 16.5. The summed E-state index contributed by atoms with van der Waals surface area (Å²) in [5.41, 5.74) is 0. The zero-order chi connectivity index (χ0) is 18.5. The highest BCUT2D eigenvalue weighted by Gasteiger charge is 2.30. The van der Waals surface area contributed by atoms with Crippen molar-refractivity contribution in [2.45, 2.75) is 19.3 Å². The summed E-state index contributed by atoms with van der Waals surface area (Å²) in [5.74, 6) is 1.94. The number of furan rings is 1. The van der Waals surface area contributed by atoms with Crippen LogP contribution in [0.3, 0.4) is 0 Å². The highest BCUT2D eigenvalue weighted by molar-refractivity contribution is 5.76. The molecular weight excluding hydrogens is 336 g/mol. The summed E-state index contributed by atoms with van der Waals surface area (Å²) >= 11 is 0. The number of aryl methyl sites for hydroxylation is 1. The number of likely N-dealkylation sites (tertiary alicyclic amines) is 1. The van der Waals surface area contributed by atoms with Crippen molar-refractivity contribution in [3.63, 3.8) is 0 Å². The van der Waals surface area contributed by atoms with Crippen molar-refractivity contribution in [2.75, 3.05) is 40.3 Å². The molecule has 2 aromatic rings. The highest BCUT2D eigenvalue weighted by Crippen LogP contribution is 2.23. The molecule has 2 atom stereocenters. The smallest absolute Gasteiger partial charge is 0.238 e. The maximum absolute atomic E-state index is 12.6. The van der Waals surface area contributed by atoms with E-state index in [0.717, 1.165) is 19.5 Å². The second-order valence-corrected chi connectivity index (χ2v) is 7.20. The minimum Gasteiger partial charge on any atom is -0.461 e. The number of hydrogen-bond donors (Lipinski definition) is 1. The first-order valence-electron chi connectivity index (χ1n) is 8.95. The first-order chi connectivity index (χ1) is 12.5. The van der Waals surface area contributed by atoms with Crippen LogP contribution in [0.4, 0.5) is 0 Å². The molecule has 2 aromatic heterocycles. The van der Waals surface area contributed by atoms with E-state index in [2.05, 4.69) is 15.0 Å². The minimum atomic E-state index is 0.0599. The van der Waals surface area contributed by atoms with Gasteiger partial charge < -0.3 is 23.8 Å². The number of carbonyl (C=O) groups excluding carboxylic acids is 1. The molecule has 0 aliphatic carbocycles. The second-order valence-electron chi connectivity index (χ2n) is 7.20. The van der Waals surface area contributed by atoms with Gasteiger partial charge in [-0.15, -0.1) is 0 Å². The Bertz CT molecular complexity index is 698. The molecule has 0 radical (unpaired) electrons. The normalized spacial score (nSPS) is 20.7. The predicted octanol–water partition coefficient (Wildman–Crippen LogP) is 1.28. The molecule has 1 aliphatic rings. The van der Waals surface area contributed by atoms with Gasteiger partial charge in [0.05, 0.1) is 6.26 Å². The number of rotatable bonds is 7. The minimum absolute atomic E-state index is 0.0599. The Morgan fingerprint density at radius 2 is 2.19 bits per heavy atom. The van der Waals surface area contributed by atoms with Crippen LogP contribution in [0, 0.1) is 11.8 Å². The number of aliphatic hydroxyl groups is 1. The molecule has 1 saturated heterocycles. The standard InChI is InChI=1S/C18H26N4O4/c1-21(2)9-13-8-14(12-23)11-22(10-13)17(24)6-5-16-19-18(20-26-16)15-4-3-7-25-15/h3-4,7,13-14,23H,5-6,8-12H2,1-2H3/t13-,14+/m1/s1. The van der Waals surface area contributed by atoms with Crippen molar-refractivity contribution in [3.8, 4) is 11.6 Å². The lowest BCUT2D eigenvalue weighted by Gasteiger charge is -2.38. The molecule has 1 fully saturated rings. The monoisotopic (exact) mass is 362 g/mol. The molecule has 3 rings (SSSR count). The van der Waals surface area contributed by atoms with E-state index in [9.17, 15) is 9.90 Å². The summed E-state index contributed by atoms with van der Waals surface area (Å²) in [5, 5.41) is 13.4. The van der Waals surface area contributed by atoms with Gasteiger partial charge in [0.1, 0.15) is 0 Å². The zero-order valence-corrected chi connectivity index (χ0v) is 15.3. The van der Waals surface area contributed by atoms with Gasteiger partial charge in [-0.2, -0.15) is 4.98 Å². The van der Waals surface area contributed by atoms with E-state index in [0.29, 0.717) is 42.8 Å². The van der Waals surface area contributed by atoms with Crippen LogP contribution < -0.4 is 0 Å². The van der Waals surface area contributed by atoms with Gasteiger partial charge in [-0.05, 0) is 44.5 Å². The molecule has 8 nitrogen and oxygen atoms in total. The van der Waals surface area contributed by atoms with Gasteiger partial charge in [-0.25, -0.2) is 0 Å². The predicted molar refractivity (Wildman–Crippen MR) is 94.1 cm³/mol. The molecule has 26 heavy (non-hydrogen) atoms. The molecule has 3 heterocycles. The third-order valence-electron chi connectivity index (χ3n) is 4.62. The topological polar surface area (TPSA) is 95.8 Å². The van der Waals surface area contributed by atoms with Crippen molar-refractivity contribution in [2.24, 2.45) is 11.8 Å². The first kappa shape index (κ1) is 18.6. The molecule has 142 valence electrons. The lowest BCUT2D eigenvalue weighted by Crippen LogP contribution is -2.47. The van der Waals surface area contributed by atoms with Crippen LogP contribution in [0.25, 0.3) is 11.6 Å². The van der Waals surface area contributed by atoms with E-state index < -0.39 is 0 Å². The molecule has 1 aliphatic heterocycles. The molecule has 0 spiro atoms. The molecule has 1 N–H and O–H groups in total. The van der Waals surface area contributed by atoms with Gasteiger partial charge in [-0.1, -0.05) is 5.16 Å². The Hall–Kier alpha value is -2.19. The Labute approximate surface area is 152 Å². The molecule has 0 unspecified atom stereocenters. The van der Waals surface area contributed by atoms with Crippen LogP contribution >= 0.6 is 0 Å². The summed E-state index contributed by atoms with van der Waals surface area (Å²) < 4.78 is 10.4. The zero-order valence-electron chi connectivity index (χ0n) is 15.3. The first-order valence-corrected chi connectivity index (χ1v) is 8.95. The number of nitrogens with zero attached hydrogens (tertiary/aromatic N) is 4. The lowest BCUT2D eigenvalue weighted by atomic mass is 9.89. The van der Waals surface area contributed by atoms with Crippen molar-refractivity contribution in [1.82, 2.24) is 19.9 Å². The Kier molecular flexibility index (Phi) is 6.05. The van der Waals surface area contributed by atoms with Gasteiger partial charge in [0.2, 0.25) is 17.6 Å². The molecular formula is C18H26N4O4. The van der Waals surface area contributed by atoms with E-state index in [1.807, 2.05) is 19.0 Å². The van der Waals surface area contributed by atoms with E-state index in [1.54, 1.807) is 18.4 Å². The van der Waals surface area contributed by atoms with Gasteiger partial charge in [0.15, 0.2) is 5.76 Å². The average molecular weight is 362 g/mol. The SMILES string of the molecule is CN(C)C[C@H]1C[C@H](CO)CN(C(=O)CCc2nc(-c3ccco3)no2)C1. The van der Waals surface area contributed by atoms with E-state index >= 15 is 0 Å². The summed E-state index contributed by atoms with van der Waals surface area (Å²) in [6.07, 6.45) is 3.21. The van der Waals surface area contributed by atoms with Gasteiger partial charge >= 0.3 is 0 Å². The number of hydrogen-bond acceptors (Lipinski definition) is 7. The number of piperidine rings is 1. The Morgan fingerprint density at radius 1 is 1.38 bits per heavy atom. The fourth-order valence-corrected chi connectivity index (χ4v) is 3.54. The van der Waals surface area contributed by atoms with Gasteiger partial charge in [0.25, 0.3) is 0 Å². The van der Waals surface area contributed by atoms with Crippen LogP contribution in [0.1, 0.15) is 18.7 Å². The summed E-state index contributed by atoms with van der Waals surface area (Å²) in [4.78, 5) is 20.9. The quantitative estimate of drug-likeness (QED) is 0.792. The number of aromatic nitrogens is 2. The summed E-state index contributed by atoms with van der Waals surface area (Å²) in [6.45, 7) is 2.37. The lowest BCUT2D eigenvalue weighted by molar-refractivity contribution is -0.134. The average Bonchev–Trinajstić information content (AvgIpc) is 3.30. The van der Waals surface area contributed by atoms with Crippen molar-refractivity contribution in [1.29, 1.82) is 0 Å². The van der Waals surface area contributed by atoms with Gasteiger partial charge in [0, 0.05) is 39.1 Å². The maximum Gasteiger partial charge on any atom is 0.238 e. The van der Waals surface area contributed by atoms with E-state index in [-0.39, 0.29) is 18.4 Å². The van der Waals surface area contributed by atoms with Crippen LogP contribution in [0.2, 0.25) is 0 Å². The molecule has 0 aromatic carbocycles. The maximum atomic E-state index is 12.6. The van der Waals surface area contributed by atoms with Gasteiger partial charge in [-0.3, -0.25) is 4.79 Å². The van der Waals surface area contributed by atoms with Crippen molar-refractivity contribution < 1.29 is 18.8 Å². The van der Waals surface area contributed by atoms with Crippen LogP contribution in [0.15, 0.2) is 27.3 Å². The molecule has 8 heteroatoms. The molecule has 1 amide bonds. The van der Waals surface area contributed by atoms with Crippen molar-refractivity contribution >= 4 is 5.91 Å². The number of amides is 1. The largest absolute Gasteiger partial charge is 0.461 e. The van der Waals surface area contributed by atoms with E-state index in [1.165, 1.54) is 0 Å². The third-order valence-corrected chi connectivity index (χ3v) is 4.62.